The molecule has 5 nitrogen and oxygen atoms in total. The summed E-state index contributed by atoms with van der Waals surface area (Å²) in [7, 11) is 1.98. The van der Waals surface area contributed by atoms with E-state index in [0.717, 1.165) is 16.9 Å². The maximum absolute atomic E-state index is 12.1. The maximum Gasteiger partial charge on any atom is 0.258 e. The number of aromatic nitrogens is 4. The van der Waals surface area contributed by atoms with E-state index in [9.17, 15) is 4.79 Å². The van der Waals surface area contributed by atoms with Gasteiger partial charge in [0, 0.05) is 7.05 Å². The van der Waals surface area contributed by atoms with Crippen LogP contribution in [0.1, 0.15) is 11.6 Å². The highest BCUT2D eigenvalue weighted by atomic mass is 16.1. The van der Waals surface area contributed by atoms with Crippen molar-refractivity contribution in [2.24, 2.45) is 7.05 Å². The number of H-pyrrole nitrogens is 1. The summed E-state index contributed by atoms with van der Waals surface area (Å²) in [5.41, 5.74) is 2.61. The van der Waals surface area contributed by atoms with Gasteiger partial charge in [-0.15, -0.1) is 0 Å². The minimum Gasteiger partial charge on any atom is -0.331 e. The van der Waals surface area contributed by atoms with Crippen LogP contribution in [0.15, 0.2) is 53.3 Å². The Morgan fingerprint density at radius 1 is 1.00 bits per heavy atom. The van der Waals surface area contributed by atoms with Gasteiger partial charge in [-0.3, -0.25) is 4.79 Å². The Bertz CT molecular complexity index is 1050. The molecular formula is C17H14N4O. The topological polar surface area (TPSA) is 63.6 Å². The van der Waals surface area contributed by atoms with Gasteiger partial charge < -0.3 is 9.55 Å². The monoisotopic (exact) mass is 290 g/mol. The molecular weight excluding hydrogens is 276 g/mol. The van der Waals surface area contributed by atoms with E-state index in [1.165, 1.54) is 0 Å². The second-order valence-electron chi connectivity index (χ2n) is 5.28. The maximum atomic E-state index is 12.1. The molecule has 2 heterocycles. The van der Waals surface area contributed by atoms with Crippen LogP contribution in [0.4, 0.5) is 0 Å². The molecule has 0 fully saturated rings. The third-order valence-electron chi connectivity index (χ3n) is 3.87. The van der Waals surface area contributed by atoms with Gasteiger partial charge in [0.25, 0.3) is 5.56 Å². The normalized spacial score (nSPS) is 11.3. The van der Waals surface area contributed by atoms with Crippen molar-refractivity contribution >= 4 is 21.9 Å². The molecule has 0 amide bonds. The third kappa shape index (κ3) is 1.98. The van der Waals surface area contributed by atoms with Crippen LogP contribution in [0.3, 0.4) is 0 Å². The molecule has 0 saturated carbocycles. The highest BCUT2D eigenvalue weighted by molar-refractivity contribution is 5.77. The van der Waals surface area contributed by atoms with Crippen LogP contribution in [-0.4, -0.2) is 19.5 Å². The van der Waals surface area contributed by atoms with E-state index in [4.69, 9.17) is 0 Å². The van der Waals surface area contributed by atoms with Gasteiger partial charge in [-0.25, -0.2) is 9.97 Å². The molecule has 0 bridgehead atoms. The van der Waals surface area contributed by atoms with Crippen molar-refractivity contribution in [1.82, 2.24) is 19.5 Å². The molecule has 1 N–H and O–H groups in total. The number of imidazole rings is 1. The lowest BCUT2D eigenvalue weighted by Gasteiger charge is -2.04. The van der Waals surface area contributed by atoms with Gasteiger partial charge in [0.1, 0.15) is 11.6 Å². The van der Waals surface area contributed by atoms with E-state index in [1.807, 2.05) is 54.1 Å². The van der Waals surface area contributed by atoms with Gasteiger partial charge in [-0.05, 0) is 24.3 Å². The SMILES string of the molecule is Cn1c(Cc2nc3ccccc3c(=O)[nH]2)nc2ccccc21. The molecule has 108 valence electrons. The number of rotatable bonds is 2. The number of fused-ring (bicyclic) bond motifs is 2. The van der Waals surface area contributed by atoms with Crippen molar-refractivity contribution in [3.05, 3.63) is 70.5 Å². The standard InChI is InChI=1S/C17H14N4O/c1-21-14-9-5-4-8-13(14)19-16(21)10-15-18-12-7-3-2-6-11(12)17(22)20-15/h2-9H,10H2,1H3,(H,18,20,22). The number of nitrogens with zero attached hydrogens (tertiary/aromatic N) is 3. The molecule has 0 spiro atoms. The molecule has 0 saturated heterocycles. The summed E-state index contributed by atoms with van der Waals surface area (Å²) in [5.74, 6) is 1.50. The van der Waals surface area contributed by atoms with Crippen molar-refractivity contribution in [3.63, 3.8) is 0 Å². The summed E-state index contributed by atoms with van der Waals surface area (Å²) in [5, 5.41) is 0.608. The predicted octanol–water partition coefficient (Wildman–Crippen LogP) is 2.40. The summed E-state index contributed by atoms with van der Waals surface area (Å²) < 4.78 is 2.03. The minimum atomic E-state index is -0.112. The highest BCUT2D eigenvalue weighted by Crippen LogP contribution is 2.16. The van der Waals surface area contributed by atoms with Gasteiger partial charge in [-0.2, -0.15) is 0 Å². The van der Waals surface area contributed by atoms with Crippen LogP contribution in [0.2, 0.25) is 0 Å². The van der Waals surface area contributed by atoms with Gasteiger partial charge in [0.15, 0.2) is 0 Å². The zero-order valence-corrected chi connectivity index (χ0v) is 12.1. The van der Waals surface area contributed by atoms with Gasteiger partial charge in [-0.1, -0.05) is 24.3 Å². The molecule has 4 rings (SSSR count). The summed E-state index contributed by atoms with van der Waals surface area (Å²) in [6, 6.07) is 15.3. The number of nitrogens with one attached hydrogen (secondary N) is 1. The molecule has 5 heteroatoms. The van der Waals surface area contributed by atoms with Crippen molar-refractivity contribution in [2.45, 2.75) is 6.42 Å². The molecule has 22 heavy (non-hydrogen) atoms. The van der Waals surface area contributed by atoms with Crippen LogP contribution >= 0.6 is 0 Å². The largest absolute Gasteiger partial charge is 0.331 e. The Morgan fingerprint density at radius 2 is 1.73 bits per heavy atom. The summed E-state index contributed by atoms with van der Waals surface area (Å²) >= 11 is 0. The summed E-state index contributed by atoms with van der Waals surface area (Å²) in [4.78, 5) is 24.1. The van der Waals surface area contributed by atoms with Crippen molar-refractivity contribution in [1.29, 1.82) is 0 Å². The van der Waals surface area contributed by atoms with Gasteiger partial charge in [0.05, 0.1) is 28.4 Å². The first-order chi connectivity index (χ1) is 10.7. The van der Waals surface area contributed by atoms with Crippen molar-refractivity contribution in [3.8, 4) is 0 Å². The average Bonchev–Trinajstić information content (AvgIpc) is 2.84. The number of aromatic amines is 1. The molecule has 0 aliphatic carbocycles. The Labute approximate surface area is 126 Å². The first kappa shape index (κ1) is 12.8. The minimum absolute atomic E-state index is 0.112. The fourth-order valence-electron chi connectivity index (χ4n) is 2.72. The molecule has 0 radical (unpaired) electrons. The van der Waals surface area contributed by atoms with E-state index in [1.54, 1.807) is 6.07 Å². The number of hydrogen-bond donors (Lipinski definition) is 1. The number of para-hydroxylation sites is 3. The van der Waals surface area contributed by atoms with Crippen LogP contribution in [0, 0.1) is 0 Å². The van der Waals surface area contributed by atoms with E-state index < -0.39 is 0 Å². The van der Waals surface area contributed by atoms with Gasteiger partial charge in [0.2, 0.25) is 0 Å². The fourth-order valence-corrected chi connectivity index (χ4v) is 2.72. The second-order valence-corrected chi connectivity index (χ2v) is 5.28. The van der Waals surface area contributed by atoms with Crippen LogP contribution in [-0.2, 0) is 13.5 Å². The highest BCUT2D eigenvalue weighted by Gasteiger charge is 2.10. The first-order valence-corrected chi connectivity index (χ1v) is 7.10. The lowest BCUT2D eigenvalue weighted by molar-refractivity contribution is 0.813. The molecule has 0 aliphatic heterocycles. The first-order valence-electron chi connectivity index (χ1n) is 7.10. The second kappa shape index (κ2) is 4.80. The van der Waals surface area contributed by atoms with Crippen LogP contribution in [0.25, 0.3) is 21.9 Å². The zero-order valence-electron chi connectivity index (χ0n) is 12.1. The van der Waals surface area contributed by atoms with E-state index >= 15 is 0 Å². The average molecular weight is 290 g/mol. The van der Waals surface area contributed by atoms with E-state index in [2.05, 4.69) is 15.0 Å². The molecule has 2 aromatic heterocycles. The lowest BCUT2D eigenvalue weighted by Crippen LogP contribution is -2.13. The molecule has 0 aliphatic rings. The smallest absolute Gasteiger partial charge is 0.258 e. The Balaban J connectivity index is 1.82. The van der Waals surface area contributed by atoms with E-state index in [-0.39, 0.29) is 5.56 Å². The number of aryl methyl sites for hydroxylation is 1. The zero-order chi connectivity index (χ0) is 15.1. The van der Waals surface area contributed by atoms with Gasteiger partial charge >= 0.3 is 0 Å². The summed E-state index contributed by atoms with van der Waals surface area (Å²) in [6.07, 6.45) is 0.491. The van der Waals surface area contributed by atoms with Crippen LogP contribution in [0.5, 0.6) is 0 Å². The van der Waals surface area contributed by atoms with Crippen molar-refractivity contribution in [2.75, 3.05) is 0 Å². The quantitative estimate of drug-likeness (QED) is 0.616. The predicted molar refractivity (Wildman–Crippen MR) is 85.9 cm³/mol. The van der Waals surface area contributed by atoms with Crippen molar-refractivity contribution < 1.29 is 0 Å². The van der Waals surface area contributed by atoms with E-state index in [0.29, 0.717) is 23.1 Å². The Kier molecular flexibility index (Phi) is 2.79. The molecule has 2 aromatic carbocycles. The lowest BCUT2D eigenvalue weighted by atomic mass is 10.2. The molecule has 4 aromatic rings. The van der Waals surface area contributed by atoms with Crippen LogP contribution < -0.4 is 5.56 Å². The Morgan fingerprint density at radius 3 is 2.55 bits per heavy atom. The Hall–Kier alpha value is -2.95. The number of benzene rings is 2. The molecule has 0 unspecified atom stereocenters. The summed E-state index contributed by atoms with van der Waals surface area (Å²) in [6.45, 7) is 0. The fraction of sp³-hybridized carbons (Fsp3) is 0.118. The third-order valence-corrected chi connectivity index (χ3v) is 3.87. The number of hydrogen-bond acceptors (Lipinski definition) is 3. The molecule has 0 atom stereocenters.